The van der Waals surface area contributed by atoms with Crippen molar-refractivity contribution in [3.8, 4) is 0 Å². The summed E-state index contributed by atoms with van der Waals surface area (Å²) < 4.78 is 5.89. The van der Waals surface area contributed by atoms with Gasteiger partial charge in [0.2, 0.25) is 0 Å². The molecule has 2 fully saturated rings. The predicted octanol–water partition coefficient (Wildman–Crippen LogP) is 1.94. The van der Waals surface area contributed by atoms with Crippen LogP contribution < -0.4 is 5.32 Å². The maximum Gasteiger partial charge on any atom is 0.0728 e. The minimum Gasteiger partial charge on any atom is -0.375 e. The van der Waals surface area contributed by atoms with Crippen LogP contribution in [0.2, 0.25) is 0 Å². The fourth-order valence-corrected chi connectivity index (χ4v) is 2.42. The lowest BCUT2D eigenvalue weighted by Gasteiger charge is -2.41. The summed E-state index contributed by atoms with van der Waals surface area (Å²) in [6, 6.07) is 1.23. The smallest absolute Gasteiger partial charge is 0.0728 e. The van der Waals surface area contributed by atoms with E-state index in [1.165, 1.54) is 25.7 Å². The van der Waals surface area contributed by atoms with E-state index in [1.54, 1.807) is 0 Å². The molecule has 2 heteroatoms. The lowest BCUT2D eigenvalue weighted by Crippen LogP contribution is -2.56. The molecule has 2 aliphatic rings. The monoisotopic (exact) mass is 183 g/mol. The molecule has 1 N–H and O–H groups in total. The van der Waals surface area contributed by atoms with Gasteiger partial charge in [0.15, 0.2) is 0 Å². The van der Waals surface area contributed by atoms with Gasteiger partial charge in [-0.25, -0.2) is 0 Å². The van der Waals surface area contributed by atoms with Crippen LogP contribution in [-0.2, 0) is 4.74 Å². The van der Waals surface area contributed by atoms with Crippen LogP contribution >= 0.6 is 0 Å². The molecule has 1 heterocycles. The SMILES string of the molecule is CC(C)C1COC2CCCCC2N1. The highest BCUT2D eigenvalue weighted by Gasteiger charge is 2.33. The van der Waals surface area contributed by atoms with Crippen LogP contribution in [0.5, 0.6) is 0 Å². The van der Waals surface area contributed by atoms with Gasteiger partial charge < -0.3 is 10.1 Å². The van der Waals surface area contributed by atoms with Crippen LogP contribution in [-0.4, -0.2) is 24.8 Å². The Morgan fingerprint density at radius 1 is 1.23 bits per heavy atom. The van der Waals surface area contributed by atoms with E-state index in [1.807, 2.05) is 0 Å². The van der Waals surface area contributed by atoms with Gasteiger partial charge in [-0.2, -0.15) is 0 Å². The molecular formula is C11H21NO. The number of morpholine rings is 1. The molecule has 1 saturated carbocycles. The first-order chi connectivity index (χ1) is 6.27. The van der Waals surface area contributed by atoms with Crippen molar-refractivity contribution in [2.75, 3.05) is 6.61 Å². The molecule has 0 aromatic carbocycles. The lowest BCUT2D eigenvalue weighted by molar-refractivity contribution is -0.0535. The minimum absolute atomic E-state index is 0.517. The topological polar surface area (TPSA) is 21.3 Å². The number of nitrogens with one attached hydrogen (secondary N) is 1. The molecule has 0 spiro atoms. The van der Waals surface area contributed by atoms with Crippen LogP contribution in [0, 0.1) is 5.92 Å². The summed E-state index contributed by atoms with van der Waals surface area (Å²) in [5, 5.41) is 3.73. The Labute approximate surface area is 81.0 Å². The van der Waals surface area contributed by atoms with Crippen LogP contribution in [0.1, 0.15) is 39.5 Å². The molecule has 1 aliphatic carbocycles. The van der Waals surface area contributed by atoms with Crippen molar-refractivity contribution >= 4 is 0 Å². The van der Waals surface area contributed by atoms with Gasteiger partial charge in [-0.15, -0.1) is 0 Å². The van der Waals surface area contributed by atoms with E-state index in [-0.39, 0.29) is 0 Å². The number of ether oxygens (including phenoxy) is 1. The molecule has 76 valence electrons. The molecule has 1 saturated heterocycles. The molecule has 3 atom stereocenters. The Hall–Kier alpha value is -0.0800. The van der Waals surface area contributed by atoms with Crippen molar-refractivity contribution in [2.45, 2.75) is 57.7 Å². The zero-order chi connectivity index (χ0) is 9.26. The first-order valence-corrected chi connectivity index (χ1v) is 5.65. The Morgan fingerprint density at radius 2 is 2.00 bits per heavy atom. The van der Waals surface area contributed by atoms with E-state index >= 15 is 0 Å². The third-order valence-corrected chi connectivity index (χ3v) is 3.43. The second-order valence-corrected chi connectivity index (χ2v) is 4.78. The fraction of sp³-hybridized carbons (Fsp3) is 1.00. The van der Waals surface area contributed by atoms with E-state index in [2.05, 4.69) is 19.2 Å². The van der Waals surface area contributed by atoms with Crippen molar-refractivity contribution in [3.05, 3.63) is 0 Å². The van der Waals surface area contributed by atoms with Gasteiger partial charge in [-0.3, -0.25) is 0 Å². The number of rotatable bonds is 1. The molecule has 0 radical (unpaired) electrons. The number of fused-ring (bicyclic) bond motifs is 1. The van der Waals surface area contributed by atoms with Gasteiger partial charge in [0.25, 0.3) is 0 Å². The average molecular weight is 183 g/mol. The normalized spacial score (nSPS) is 40.4. The second-order valence-electron chi connectivity index (χ2n) is 4.78. The van der Waals surface area contributed by atoms with Crippen molar-refractivity contribution in [1.82, 2.24) is 5.32 Å². The zero-order valence-corrected chi connectivity index (χ0v) is 8.75. The molecule has 0 aromatic heterocycles. The first-order valence-electron chi connectivity index (χ1n) is 5.65. The molecule has 0 amide bonds. The van der Waals surface area contributed by atoms with Gasteiger partial charge >= 0.3 is 0 Å². The van der Waals surface area contributed by atoms with Gasteiger partial charge in [0, 0.05) is 12.1 Å². The molecule has 0 bridgehead atoms. The van der Waals surface area contributed by atoms with Gasteiger partial charge in [-0.1, -0.05) is 26.7 Å². The molecule has 1 aliphatic heterocycles. The summed E-state index contributed by atoms with van der Waals surface area (Å²) in [6.07, 6.45) is 5.83. The molecular weight excluding hydrogens is 162 g/mol. The van der Waals surface area contributed by atoms with Crippen molar-refractivity contribution in [1.29, 1.82) is 0 Å². The standard InChI is InChI=1S/C11H21NO/c1-8(2)10-7-13-11-6-4-3-5-9(11)12-10/h8-12H,3-7H2,1-2H3. The van der Waals surface area contributed by atoms with Crippen LogP contribution in [0.4, 0.5) is 0 Å². The maximum atomic E-state index is 5.89. The maximum absolute atomic E-state index is 5.89. The van der Waals surface area contributed by atoms with Crippen molar-refractivity contribution < 1.29 is 4.74 Å². The predicted molar refractivity (Wildman–Crippen MR) is 53.8 cm³/mol. The summed E-state index contributed by atoms with van der Waals surface area (Å²) in [5.74, 6) is 0.697. The third kappa shape index (κ3) is 2.05. The minimum atomic E-state index is 0.517. The zero-order valence-electron chi connectivity index (χ0n) is 8.75. The quantitative estimate of drug-likeness (QED) is 0.671. The third-order valence-electron chi connectivity index (χ3n) is 3.43. The van der Waals surface area contributed by atoms with Crippen LogP contribution in [0.15, 0.2) is 0 Å². The van der Waals surface area contributed by atoms with Crippen LogP contribution in [0.25, 0.3) is 0 Å². The second kappa shape index (κ2) is 3.97. The summed E-state index contributed by atoms with van der Waals surface area (Å²) >= 11 is 0. The Morgan fingerprint density at radius 3 is 2.77 bits per heavy atom. The van der Waals surface area contributed by atoms with E-state index in [9.17, 15) is 0 Å². The largest absolute Gasteiger partial charge is 0.375 e. The highest BCUT2D eigenvalue weighted by molar-refractivity contribution is 4.89. The number of hydrogen-bond donors (Lipinski definition) is 1. The van der Waals surface area contributed by atoms with Crippen LogP contribution in [0.3, 0.4) is 0 Å². The molecule has 0 aromatic rings. The van der Waals surface area contributed by atoms with Crippen molar-refractivity contribution in [2.24, 2.45) is 5.92 Å². The lowest BCUT2D eigenvalue weighted by atomic mass is 9.89. The molecule has 2 nitrogen and oxygen atoms in total. The summed E-state index contributed by atoms with van der Waals surface area (Å²) in [5.41, 5.74) is 0. The van der Waals surface area contributed by atoms with E-state index < -0.39 is 0 Å². The Bertz CT molecular complexity index is 169. The molecule has 2 rings (SSSR count). The first kappa shape index (κ1) is 9.47. The highest BCUT2D eigenvalue weighted by Crippen LogP contribution is 2.25. The molecule has 13 heavy (non-hydrogen) atoms. The van der Waals surface area contributed by atoms with Gasteiger partial charge in [-0.05, 0) is 18.8 Å². The summed E-state index contributed by atoms with van der Waals surface area (Å²) in [7, 11) is 0. The summed E-state index contributed by atoms with van der Waals surface area (Å²) in [6.45, 7) is 5.45. The Balaban J connectivity index is 1.91. The van der Waals surface area contributed by atoms with Gasteiger partial charge in [0.05, 0.1) is 12.7 Å². The molecule has 3 unspecified atom stereocenters. The Kier molecular flexibility index (Phi) is 2.89. The van der Waals surface area contributed by atoms with Crippen molar-refractivity contribution in [3.63, 3.8) is 0 Å². The van der Waals surface area contributed by atoms with E-state index in [4.69, 9.17) is 4.74 Å². The van der Waals surface area contributed by atoms with Gasteiger partial charge in [0.1, 0.15) is 0 Å². The van der Waals surface area contributed by atoms with E-state index in [0.29, 0.717) is 24.1 Å². The summed E-state index contributed by atoms with van der Waals surface area (Å²) in [4.78, 5) is 0. The van der Waals surface area contributed by atoms with E-state index in [0.717, 1.165) is 6.61 Å². The highest BCUT2D eigenvalue weighted by atomic mass is 16.5. The fourth-order valence-electron chi connectivity index (χ4n) is 2.42. The average Bonchev–Trinajstić information content (AvgIpc) is 2.17. The number of hydrogen-bond acceptors (Lipinski definition) is 2.